The fourth-order valence-electron chi connectivity index (χ4n) is 1.59. The molecule has 17 heavy (non-hydrogen) atoms. The Kier molecular flexibility index (Phi) is 3.59. The van der Waals surface area contributed by atoms with Crippen LogP contribution in [0.15, 0.2) is 35.2 Å². The lowest BCUT2D eigenvalue weighted by Crippen LogP contribution is -2.18. The van der Waals surface area contributed by atoms with Gasteiger partial charge in [0.2, 0.25) is 0 Å². The van der Waals surface area contributed by atoms with Gasteiger partial charge < -0.3 is 15.1 Å². The smallest absolute Gasteiger partial charge is 0.147 e. The van der Waals surface area contributed by atoms with Gasteiger partial charge in [-0.1, -0.05) is 0 Å². The number of aromatic nitrogens is 2. The highest BCUT2D eigenvalue weighted by Gasteiger charge is 2.06. The zero-order valence-electron chi connectivity index (χ0n) is 9.97. The molecule has 2 N–H and O–H groups in total. The van der Waals surface area contributed by atoms with Crippen LogP contribution in [0.2, 0.25) is 0 Å². The van der Waals surface area contributed by atoms with Crippen molar-refractivity contribution in [3.8, 4) is 0 Å². The van der Waals surface area contributed by atoms with Crippen molar-refractivity contribution >= 4 is 11.6 Å². The molecule has 0 aliphatic heterocycles. The molecule has 0 amide bonds. The van der Waals surface area contributed by atoms with Crippen molar-refractivity contribution in [3.63, 3.8) is 0 Å². The summed E-state index contributed by atoms with van der Waals surface area (Å²) in [5.41, 5.74) is 0. The molecule has 0 fully saturated rings. The van der Waals surface area contributed by atoms with E-state index in [4.69, 9.17) is 4.42 Å². The average molecular weight is 232 g/mol. The van der Waals surface area contributed by atoms with E-state index in [1.807, 2.05) is 19.2 Å². The van der Waals surface area contributed by atoms with Crippen LogP contribution in [0.5, 0.6) is 0 Å². The maximum atomic E-state index is 5.30. The highest BCUT2D eigenvalue weighted by Crippen LogP contribution is 2.10. The number of furan rings is 1. The highest BCUT2D eigenvalue weighted by molar-refractivity contribution is 5.41. The second-order valence-electron chi connectivity index (χ2n) is 3.87. The molecule has 2 rings (SSSR count). The van der Waals surface area contributed by atoms with Gasteiger partial charge in [-0.2, -0.15) is 0 Å². The number of anilines is 2. The Hall–Kier alpha value is -2.04. The van der Waals surface area contributed by atoms with Crippen molar-refractivity contribution in [3.05, 3.63) is 36.5 Å². The molecule has 0 radical (unpaired) electrons. The van der Waals surface area contributed by atoms with Crippen molar-refractivity contribution in [2.75, 3.05) is 17.7 Å². The third-order valence-corrected chi connectivity index (χ3v) is 2.37. The van der Waals surface area contributed by atoms with Crippen LogP contribution in [0.4, 0.5) is 11.6 Å². The van der Waals surface area contributed by atoms with Crippen LogP contribution in [-0.2, 0) is 6.42 Å². The van der Waals surface area contributed by atoms with E-state index in [1.165, 1.54) is 0 Å². The van der Waals surface area contributed by atoms with Crippen LogP contribution >= 0.6 is 0 Å². The lowest BCUT2D eigenvalue weighted by atomic mass is 10.2. The summed E-state index contributed by atoms with van der Waals surface area (Å²) in [5, 5.41) is 6.24. The minimum absolute atomic E-state index is 0.238. The van der Waals surface area contributed by atoms with Gasteiger partial charge >= 0.3 is 0 Å². The zero-order valence-corrected chi connectivity index (χ0v) is 9.97. The van der Waals surface area contributed by atoms with Crippen molar-refractivity contribution < 1.29 is 4.42 Å². The first-order valence-electron chi connectivity index (χ1n) is 5.56. The Bertz CT molecular complexity index is 455. The Morgan fingerprint density at radius 3 is 2.88 bits per heavy atom. The first kappa shape index (κ1) is 11.4. The van der Waals surface area contributed by atoms with Crippen molar-refractivity contribution in [2.45, 2.75) is 19.4 Å². The Labute approximate surface area is 100 Å². The van der Waals surface area contributed by atoms with Crippen LogP contribution in [0, 0.1) is 0 Å². The van der Waals surface area contributed by atoms with Crippen LogP contribution in [0.25, 0.3) is 0 Å². The summed E-state index contributed by atoms with van der Waals surface area (Å²) in [6, 6.07) is 4.10. The number of hydrogen-bond donors (Lipinski definition) is 2. The summed E-state index contributed by atoms with van der Waals surface area (Å²) in [4.78, 5) is 8.44. The van der Waals surface area contributed by atoms with E-state index in [9.17, 15) is 0 Å². The summed E-state index contributed by atoms with van der Waals surface area (Å²) < 4.78 is 5.30. The third kappa shape index (κ3) is 3.21. The standard InChI is InChI=1S/C12H16N4O/c1-9(6-10-4-3-5-17-10)15-12-8-14-7-11(13-2)16-12/h3-5,7-9H,6H2,1-2H3,(H2,13,15,16). The Balaban J connectivity index is 1.95. The SMILES string of the molecule is CNc1cncc(NC(C)Cc2ccco2)n1. The Morgan fingerprint density at radius 2 is 2.18 bits per heavy atom. The molecule has 0 spiro atoms. The van der Waals surface area contributed by atoms with Gasteiger partial charge in [0, 0.05) is 19.5 Å². The van der Waals surface area contributed by atoms with Crippen molar-refractivity contribution in [1.29, 1.82) is 0 Å². The molecule has 0 aliphatic carbocycles. The van der Waals surface area contributed by atoms with Crippen molar-refractivity contribution in [1.82, 2.24) is 9.97 Å². The number of hydrogen-bond acceptors (Lipinski definition) is 5. The Morgan fingerprint density at radius 1 is 1.35 bits per heavy atom. The molecule has 1 atom stereocenters. The van der Waals surface area contributed by atoms with Crippen LogP contribution in [0.3, 0.4) is 0 Å². The summed E-state index contributed by atoms with van der Waals surface area (Å²) in [6.07, 6.45) is 5.89. The molecule has 5 heteroatoms. The second-order valence-corrected chi connectivity index (χ2v) is 3.87. The van der Waals surface area contributed by atoms with Gasteiger partial charge in [-0.15, -0.1) is 0 Å². The first-order chi connectivity index (χ1) is 8.28. The molecule has 2 heterocycles. The van der Waals surface area contributed by atoms with Gasteiger partial charge in [0.15, 0.2) is 0 Å². The first-order valence-corrected chi connectivity index (χ1v) is 5.56. The van der Waals surface area contributed by atoms with E-state index in [0.29, 0.717) is 0 Å². The van der Waals surface area contributed by atoms with E-state index >= 15 is 0 Å². The second kappa shape index (κ2) is 5.34. The minimum atomic E-state index is 0.238. The minimum Gasteiger partial charge on any atom is -0.469 e. The van der Waals surface area contributed by atoms with Gasteiger partial charge in [0.05, 0.1) is 18.7 Å². The number of nitrogens with zero attached hydrogens (tertiary/aromatic N) is 2. The van der Waals surface area contributed by atoms with Gasteiger partial charge in [0.1, 0.15) is 17.4 Å². The van der Waals surface area contributed by atoms with Gasteiger partial charge in [0.25, 0.3) is 0 Å². The molecular weight excluding hydrogens is 216 g/mol. The van der Waals surface area contributed by atoms with Gasteiger partial charge in [-0.3, -0.25) is 4.98 Å². The third-order valence-electron chi connectivity index (χ3n) is 2.37. The maximum absolute atomic E-state index is 5.30. The fourth-order valence-corrected chi connectivity index (χ4v) is 1.59. The molecule has 0 saturated carbocycles. The predicted molar refractivity (Wildman–Crippen MR) is 67.1 cm³/mol. The van der Waals surface area contributed by atoms with E-state index < -0.39 is 0 Å². The molecule has 1 unspecified atom stereocenters. The molecule has 90 valence electrons. The monoisotopic (exact) mass is 232 g/mol. The molecule has 0 saturated heterocycles. The van der Waals surface area contributed by atoms with Crippen LogP contribution in [-0.4, -0.2) is 23.1 Å². The maximum Gasteiger partial charge on any atom is 0.147 e. The normalized spacial score (nSPS) is 12.1. The molecule has 0 aromatic carbocycles. The number of rotatable bonds is 5. The quantitative estimate of drug-likeness (QED) is 0.827. The molecule has 0 bridgehead atoms. The lowest BCUT2D eigenvalue weighted by Gasteiger charge is -2.13. The lowest BCUT2D eigenvalue weighted by molar-refractivity contribution is 0.497. The van der Waals surface area contributed by atoms with Gasteiger partial charge in [-0.05, 0) is 19.1 Å². The topological polar surface area (TPSA) is 63.0 Å². The van der Waals surface area contributed by atoms with E-state index in [2.05, 4.69) is 27.5 Å². The fraction of sp³-hybridized carbons (Fsp3) is 0.333. The average Bonchev–Trinajstić information content (AvgIpc) is 2.82. The van der Waals surface area contributed by atoms with E-state index in [-0.39, 0.29) is 6.04 Å². The summed E-state index contributed by atoms with van der Waals surface area (Å²) >= 11 is 0. The van der Waals surface area contributed by atoms with Crippen LogP contribution < -0.4 is 10.6 Å². The number of nitrogens with one attached hydrogen (secondary N) is 2. The summed E-state index contributed by atoms with van der Waals surface area (Å²) in [7, 11) is 1.82. The predicted octanol–water partition coefficient (Wildman–Crippen LogP) is 2.15. The van der Waals surface area contributed by atoms with Crippen LogP contribution in [0.1, 0.15) is 12.7 Å². The molecule has 2 aromatic rings. The van der Waals surface area contributed by atoms with Gasteiger partial charge in [-0.25, -0.2) is 4.98 Å². The summed E-state index contributed by atoms with van der Waals surface area (Å²) in [5.74, 6) is 2.47. The molecule has 5 nitrogen and oxygen atoms in total. The largest absolute Gasteiger partial charge is 0.469 e. The van der Waals surface area contributed by atoms with Crippen molar-refractivity contribution in [2.24, 2.45) is 0 Å². The molecule has 2 aromatic heterocycles. The van der Waals surface area contributed by atoms with E-state index in [0.717, 1.165) is 23.8 Å². The molecule has 0 aliphatic rings. The highest BCUT2D eigenvalue weighted by atomic mass is 16.3. The molecular formula is C12H16N4O. The summed E-state index contributed by atoms with van der Waals surface area (Å²) in [6.45, 7) is 2.08. The van der Waals surface area contributed by atoms with E-state index in [1.54, 1.807) is 18.7 Å². The zero-order chi connectivity index (χ0) is 12.1.